The maximum absolute atomic E-state index is 13.2. The van der Waals surface area contributed by atoms with Crippen LogP contribution in [0.25, 0.3) is 0 Å². The number of aryl methyl sites for hydroxylation is 1. The molecule has 0 unspecified atom stereocenters. The number of morpholine rings is 1. The Balaban J connectivity index is 1.56. The van der Waals surface area contributed by atoms with E-state index in [9.17, 15) is 4.79 Å². The molecule has 0 spiro atoms. The summed E-state index contributed by atoms with van der Waals surface area (Å²) in [5.74, 6) is 1.19. The number of carbonyl (C=O) groups excluding carboxylic acids is 1. The lowest BCUT2D eigenvalue weighted by atomic mass is 9.95. The van der Waals surface area contributed by atoms with E-state index in [-0.39, 0.29) is 11.9 Å². The number of anilines is 1. The lowest BCUT2D eigenvalue weighted by Crippen LogP contribution is -2.44. The summed E-state index contributed by atoms with van der Waals surface area (Å²) >= 11 is 0. The lowest BCUT2D eigenvalue weighted by Gasteiger charge is -2.36. The van der Waals surface area contributed by atoms with Gasteiger partial charge in [0.25, 0.3) is 5.91 Å². The van der Waals surface area contributed by atoms with Crippen molar-refractivity contribution in [1.82, 2.24) is 10.2 Å². The van der Waals surface area contributed by atoms with Crippen LogP contribution < -0.4 is 24.4 Å². The van der Waals surface area contributed by atoms with Crippen LogP contribution in [0.4, 0.5) is 5.69 Å². The van der Waals surface area contributed by atoms with Crippen LogP contribution in [-0.4, -0.2) is 78.6 Å². The van der Waals surface area contributed by atoms with Crippen LogP contribution in [0.5, 0.6) is 17.2 Å². The molecule has 1 saturated heterocycles. The summed E-state index contributed by atoms with van der Waals surface area (Å²) < 4.78 is 21.8. The van der Waals surface area contributed by atoms with Gasteiger partial charge in [0.2, 0.25) is 5.75 Å². The van der Waals surface area contributed by atoms with Crippen molar-refractivity contribution in [1.29, 1.82) is 0 Å². The molecule has 0 saturated carbocycles. The third kappa shape index (κ3) is 5.08. The quantitative estimate of drug-likeness (QED) is 0.637. The highest BCUT2D eigenvalue weighted by atomic mass is 16.5. The smallest absolute Gasteiger partial charge is 0.251 e. The molecule has 0 bridgehead atoms. The van der Waals surface area contributed by atoms with Crippen LogP contribution in [0.3, 0.4) is 0 Å². The minimum absolute atomic E-state index is 0.0624. The van der Waals surface area contributed by atoms with E-state index in [0.717, 1.165) is 32.5 Å². The fourth-order valence-electron chi connectivity index (χ4n) is 4.86. The molecule has 1 fully saturated rings. The number of ether oxygens (including phenoxy) is 4. The van der Waals surface area contributed by atoms with Gasteiger partial charge >= 0.3 is 0 Å². The van der Waals surface area contributed by atoms with Crippen molar-refractivity contribution in [3.05, 3.63) is 47.0 Å². The molecular weight excluding hydrogens is 434 g/mol. The Morgan fingerprint density at radius 3 is 2.38 bits per heavy atom. The number of hydrogen-bond acceptors (Lipinski definition) is 7. The van der Waals surface area contributed by atoms with Gasteiger partial charge in [0.1, 0.15) is 0 Å². The molecule has 0 radical (unpaired) electrons. The van der Waals surface area contributed by atoms with Gasteiger partial charge in [-0.2, -0.15) is 0 Å². The second-order valence-corrected chi connectivity index (χ2v) is 8.70. The summed E-state index contributed by atoms with van der Waals surface area (Å²) in [6.07, 6.45) is 2.24. The predicted molar refractivity (Wildman–Crippen MR) is 132 cm³/mol. The monoisotopic (exact) mass is 469 g/mol. The molecule has 2 aromatic carbocycles. The molecule has 2 aliphatic heterocycles. The van der Waals surface area contributed by atoms with Gasteiger partial charge in [0, 0.05) is 44.5 Å². The summed E-state index contributed by atoms with van der Waals surface area (Å²) in [7, 11) is 6.78. The van der Waals surface area contributed by atoms with Gasteiger partial charge in [-0.05, 0) is 42.2 Å². The lowest BCUT2D eigenvalue weighted by molar-refractivity contribution is 0.0162. The van der Waals surface area contributed by atoms with Gasteiger partial charge < -0.3 is 29.2 Å². The molecule has 1 N–H and O–H groups in total. The van der Waals surface area contributed by atoms with E-state index in [1.54, 1.807) is 33.5 Å². The molecule has 1 amide bonds. The number of methoxy groups -OCH3 is 3. The standard InChI is InChI=1S/C26H35N3O5/c1-28-9-5-6-18-14-19(7-8-21(18)28)22(29-10-12-34-13-11-29)17-27-26(30)20-15-23(31-2)25(33-4)24(16-20)32-3/h7-8,14-16,22H,5-6,9-13,17H2,1-4H3,(H,27,30)/t22-/m1/s1. The second-order valence-electron chi connectivity index (χ2n) is 8.70. The molecule has 2 heterocycles. The summed E-state index contributed by atoms with van der Waals surface area (Å²) in [5, 5.41) is 3.14. The Morgan fingerprint density at radius 2 is 1.74 bits per heavy atom. The number of nitrogens with one attached hydrogen (secondary N) is 1. The van der Waals surface area contributed by atoms with Gasteiger partial charge in [-0.3, -0.25) is 9.69 Å². The first-order valence-electron chi connectivity index (χ1n) is 11.8. The van der Waals surface area contributed by atoms with Crippen LogP contribution in [0.2, 0.25) is 0 Å². The number of nitrogens with zero attached hydrogens (tertiary/aromatic N) is 2. The van der Waals surface area contributed by atoms with Crippen molar-refractivity contribution in [2.24, 2.45) is 0 Å². The molecule has 2 aromatic rings. The number of benzene rings is 2. The summed E-state index contributed by atoms with van der Waals surface area (Å²) in [6.45, 7) is 4.65. The molecule has 184 valence electrons. The number of amides is 1. The van der Waals surface area contributed by atoms with E-state index in [4.69, 9.17) is 18.9 Å². The second kappa shape index (κ2) is 11.0. The molecule has 2 aliphatic rings. The number of carbonyl (C=O) groups is 1. The Hall–Kier alpha value is -2.97. The van der Waals surface area contributed by atoms with E-state index < -0.39 is 0 Å². The molecule has 8 nitrogen and oxygen atoms in total. The first-order chi connectivity index (χ1) is 16.5. The Kier molecular flexibility index (Phi) is 7.80. The molecule has 8 heteroatoms. The first kappa shape index (κ1) is 24.2. The summed E-state index contributed by atoms with van der Waals surface area (Å²) in [5.41, 5.74) is 4.36. The van der Waals surface area contributed by atoms with E-state index >= 15 is 0 Å². The molecule has 0 aliphatic carbocycles. The van der Waals surface area contributed by atoms with E-state index in [1.165, 1.54) is 16.8 Å². The van der Waals surface area contributed by atoms with Crippen LogP contribution in [-0.2, 0) is 11.2 Å². The highest BCUT2D eigenvalue weighted by Gasteiger charge is 2.26. The first-order valence-corrected chi connectivity index (χ1v) is 11.8. The van der Waals surface area contributed by atoms with Crippen LogP contribution in [0.1, 0.15) is 33.9 Å². The number of fused-ring (bicyclic) bond motifs is 1. The maximum atomic E-state index is 13.2. The number of rotatable bonds is 8. The number of hydrogen-bond donors (Lipinski definition) is 1. The van der Waals surface area contributed by atoms with Crippen LogP contribution in [0, 0.1) is 0 Å². The van der Waals surface area contributed by atoms with Gasteiger partial charge in [-0.25, -0.2) is 0 Å². The fourth-order valence-corrected chi connectivity index (χ4v) is 4.86. The Morgan fingerprint density at radius 1 is 1.03 bits per heavy atom. The van der Waals surface area contributed by atoms with Crippen molar-refractivity contribution >= 4 is 11.6 Å². The van der Waals surface area contributed by atoms with E-state index in [1.807, 2.05) is 0 Å². The van der Waals surface area contributed by atoms with E-state index in [2.05, 4.69) is 40.4 Å². The SMILES string of the molecule is COc1cc(C(=O)NC[C@H](c2ccc3c(c2)CCCN3C)N2CCOCC2)cc(OC)c1OC. The van der Waals surface area contributed by atoms with Crippen molar-refractivity contribution in [3.8, 4) is 17.2 Å². The average molecular weight is 470 g/mol. The Bertz CT molecular complexity index is 981. The third-order valence-corrected chi connectivity index (χ3v) is 6.71. The summed E-state index contributed by atoms with van der Waals surface area (Å²) in [6, 6.07) is 10.2. The molecule has 0 aromatic heterocycles. The average Bonchev–Trinajstić information content (AvgIpc) is 2.88. The zero-order chi connectivity index (χ0) is 24.1. The Labute approximate surface area is 201 Å². The van der Waals surface area contributed by atoms with E-state index in [0.29, 0.717) is 42.6 Å². The largest absolute Gasteiger partial charge is 0.493 e. The van der Waals surface area contributed by atoms with Gasteiger partial charge in [0.15, 0.2) is 11.5 Å². The van der Waals surface area contributed by atoms with Crippen molar-refractivity contribution < 1.29 is 23.7 Å². The molecular formula is C26H35N3O5. The predicted octanol–water partition coefficient (Wildman–Crippen LogP) is 2.90. The molecule has 4 rings (SSSR count). The van der Waals surface area contributed by atoms with Crippen LogP contribution >= 0.6 is 0 Å². The minimum Gasteiger partial charge on any atom is -0.493 e. The normalized spacial score (nSPS) is 17.0. The molecule has 1 atom stereocenters. The summed E-state index contributed by atoms with van der Waals surface area (Å²) in [4.78, 5) is 17.9. The zero-order valence-corrected chi connectivity index (χ0v) is 20.6. The highest BCUT2D eigenvalue weighted by molar-refractivity contribution is 5.95. The minimum atomic E-state index is -0.185. The van der Waals surface area contributed by atoms with Crippen molar-refractivity contribution in [2.75, 3.05) is 72.7 Å². The highest BCUT2D eigenvalue weighted by Crippen LogP contribution is 2.38. The van der Waals surface area contributed by atoms with Crippen LogP contribution in [0.15, 0.2) is 30.3 Å². The zero-order valence-electron chi connectivity index (χ0n) is 20.6. The third-order valence-electron chi connectivity index (χ3n) is 6.71. The molecule has 34 heavy (non-hydrogen) atoms. The fraction of sp³-hybridized carbons (Fsp3) is 0.500. The maximum Gasteiger partial charge on any atom is 0.251 e. The topological polar surface area (TPSA) is 72.5 Å². The van der Waals surface area contributed by atoms with Crippen molar-refractivity contribution in [2.45, 2.75) is 18.9 Å². The van der Waals surface area contributed by atoms with Gasteiger partial charge in [-0.15, -0.1) is 0 Å². The van der Waals surface area contributed by atoms with Crippen molar-refractivity contribution in [3.63, 3.8) is 0 Å². The van der Waals surface area contributed by atoms with Gasteiger partial charge in [-0.1, -0.05) is 12.1 Å². The van der Waals surface area contributed by atoms with Gasteiger partial charge in [0.05, 0.1) is 40.6 Å².